The Bertz CT molecular complexity index is 1920. The molecule has 0 saturated carbocycles. The van der Waals surface area contributed by atoms with E-state index < -0.39 is 39.6 Å². The number of fused-ring (bicyclic) bond motifs is 2. The maximum absolute atomic E-state index is 12.8. The molecule has 0 aliphatic carbocycles. The van der Waals surface area contributed by atoms with E-state index in [-0.39, 0.29) is 36.9 Å². The summed E-state index contributed by atoms with van der Waals surface area (Å²) in [4.78, 5) is 54.1. The lowest BCUT2D eigenvalue weighted by atomic mass is 9.92. The summed E-state index contributed by atoms with van der Waals surface area (Å²) in [7, 11) is -4.19. The number of hydrogen-bond acceptors (Lipinski definition) is 7. The van der Waals surface area contributed by atoms with E-state index in [9.17, 15) is 37.3 Å². The van der Waals surface area contributed by atoms with E-state index in [0.717, 1.165) is 11.1 Å². The monoisotopic (exact) mass is 591 g/mol. The molecular weight excluding hydrogens is 564 g/mol. The smallest absolute Gasteiger partial charge is 0.364 e. The predicted molar refractivity (Wildman–Crippen MR) is 151 cm³/mol. The molecule has 1 aliphatic heterocycles. The molecular formula is C30H27N2O9S+. The largest absolute Gasteiger partial charge is 0.478 e. The first-order valence-electron chi connectivity index (χ1n) is 13.1. The van der Waals surface area contributed by atoms with Crippen molar-refractivity contribution in [3.63, 3.8) is 0 Å². The summed E-state index contributed by atoms with van der Waals surface area (Å²) in [5.74, 6) is -3.56. The summed E-state index contributed by atoms with van der Waals surface area (Å²) < 4.78 is 33.9. The van der Waals surface area contributed by atoms with Gasteiger partial charge in [-0.25, -0.2) is 9.59 Å². The predicted octanol–water partition coefficient (Wildman–Crippen LogP) is 3.76. The van der Waals surface area contributed by atoms with Gasteiger partial charge in [0.15, 0.2) is 6.54 Å². The molecule has 12 heteroatoms. The first-order valence-corrected chi connectivity index (χ1v) is 14.7. The van der Waals surface area contributed by atoms with Crippen molar-refractivity contribution in [2.24, 2.45) is 0 Å². The van der Waals surface area contributed by atoms with Crippen LogP contribution in [0.1, 0.15) is 51.1 Å². The van der Waals surface area contributed by atoms with Crippen LogP contribution in [0.3, 0.4) is 0 Å². The molecule has 1 aromatic heterocycles. The molecule has 0 radical (unpaired) electrons. The Morgan fingerprint density at radius 2 is 1.60 bits per heavy atom. The lowest BCUT2D eigenvalue weighted by molar-refractivity contribution is -0.645. The highest BCUT2D eigenvalue weighted by molar-refractivity contribution is 7.85. The zero-order valence-electron chi connectivity index (χ0n) is 22.8. The van der Waals surface area contributed by atoms with Gasteiger partial charge in [-0.2, -0.15) is 13.0 Å². The number of carbonyl (C=O) groups excluding carboxylic acids is 3. The van der Waals surface area contributed by atoms with Gasteiger partial charge in [0, 0.05) is 31.4 Å². The van der Waals surface area contributed by atoms with Crippen molar-refractivity contribution >= 4 is 55.7 Å². The first kappa shape index (κ1) is 28.8. The number of imide groups is 1. The van der Waals surface area contributed by atoms with Crippen LogP contribution in [0.15, 0.2) is 54.6 Å². The number of hydroxylamine groups is 2. The van der Waals surface area contributed by atoms with Crippen molar-refractivity contribution in [1.29, 1.82) is 0 Å². The molecule has 42 heavy (non-hydrogen) atoms. The lowest BCUT2D eigenvalue weighted by Gasteiger charge is -2.16. The number of rotatable bonds is 8. The Labute approximate surface area is 240 Å². The summed E-state index contributed by atoms with van der Waals surface area (Å²) in [5.41, 5.74) is 4.18. The summed E-state index contributed by atoms with van der Waals surface area (Å²) in [5, 5.41) is 11.6. The average Bonchev–Trinajstić information content (AvgIpc) is 3.25. The zero-order valence-corrected chi connectivity index (χ0v) is 23.6. The van der Waals surface area contributed by atoms with E-state index in [1.807, 2.05) is 10.6 Å². The van der Waals surface area contributed by atoms with Crippen LogP contribution >= 0.6 is 0 Å². The van der Waals surface area contributed by atoms with Crippen molar-refractivity contribution in [1.82, 2.24) is 5.06 Å². The number of hydrogen-bond donors (Lipinski definition) is 2. The van der Waals surface area contributed by atoms with E-state index in [2.05, 4.69) is 0 Å². The molecule has 216 valence electrons. The van der Waals surface area contributed by atoms with Gasteiger partial charge < -0.3 is 9.94 Å². The number of aromatic carboxylic acids is 1. The van der Waals surface area contributed by atoms with Gasteiger partial charge in [-0.15, -0.1) is 5.06 Å². The number of carboxylic acid groups (broad SMARTS) is 1. The van der Waals surface area contributed by atoms with Gasteiger partial charge in [0.1, 0.15) is 0 Å². The molecule has 1 fully saturated rings. The topological polar surface area (TPSA) is 159 Å². The minimum absolute atomic E-state index is 0.0142. The van der Waals surface area contributed by atoms with Crippen LogP contribution in [-0.2, 0) is 31.1 Å². The van der Waals surface area contributed by atoms with E-state index in [0.29, 0.717) is 38.0 Å². The van der Waals surface area contributed by atoms with Crippen LogP contribution < -0.4 is 4.57 Å². The highest BCUT2D eigenvalue weighted by atomic mass is 32.2. The molecule has 0 atom stereocenters. The van der Waals surface area contributed by atoms with Gasteiger partial charge in [0.05, 0.1) is 27.7 Å². The van der Waals surface area contributed by atoms with Gasteiger partial charge in [-0.05, 0) is 54.3 Å². The zero-order chi connectivity index (χ0) is 30.3. The van der Waals surface area contributed by atoms with Gasteiger partial charge in [-0.3, -0.25) is 14.1 Å². The maximum atomic E-state index is 12.8. The van der Waals surface area contributed by atoms with Crippen LogP contribution in [-0.4, -0.2) is 52.6 Å². The molecule has 2 N–H and O–H groups in total. The number of amides is 2. The summed E-state index contributed by atoms with van der Waals surface area (Å²) in [6, 6.07) is 15.5. The van der Waals surface area contributed by atoms with E-state index in [1.54, 1.807) is 62.4 Å². The number of aryl methyl sites for hydroxylation is 1. The van der Waals surface area contributed by atoms with Gasteiger partial charge in [0.2, 0.25) is 11.0 Å². The number of aromatic nitrogens is 1. The molecule has 0 unspecified atom stereocenters. The second-order valence-corrected chi connectivity index (χ2v) is 11.7. The Hall–Kier alpha value is -4.68. The third kappa shape index (κ3) is 5.33. The number of benzene rings is 3. The highest BCUT2D eigenvalue weighted by Gasteiger charge is 2.33. The Morgan fingerprint density at radius 3 is 2.26 bits per heavy atom. The van der Waals surface area contributed by atoms with E-state index in [4.69, 9.17) is 4.84 Å². The highest BCUT2D eigenvalue weighted by Crippen LogP contribution is 2.33. The third-order valence-electron chi connectivity index (χ3n) is 7.52. The quantitative estimate of drug-likeness (QED) is 0.135. The van der Waals surface area contributed by atoms with Crippen molar-refractivity contribution in [2.75, 3.05) is 5.75 Å². The van der Waals surface area contributed by atoms with Gasteiger partial charge in [-0.1, -0.05) is 24.3 Å². The SMILES string of the molecule is Cc1c(C(=O)ON2C(=O)CCC2=O)ccc(-c2ccc3c(C(=O)O)c4ccccc4[n+](CCCS(=O)(=O)O)c3c2)c1C. The minimum Gasteiger partial charge on any atom is -0.478 e. The molecule has 1 saturated heterocycles. The van der Waals surface area contributed by atoms with Crippen LogP contribution in [0, 0.1) is 13.8 Å². The Morgan fingerprint density at radius 1 is 0.929 bits per heavy atom. The fraction of sp³-hybridized carbons (Fsp3) is 0.233. The Kier molecular flexibility index (Phi) is 7.52. The van der Waals surface area contributed by atoms with Crippen molar-refractivity contribution in [3.05, 3.63) is 76.9 Å². The molecule has 0 bridgehead atoms. The molecule has 1 aliphatic rings. The fourth-order valence-corrected chi connectivity index (χ4v) is 5.84. The number of para-hydroxylation sites is 1. The van der Waals surface area contributed by atoms with Crippen molar-refractivity contribution < 1.29 is 46.7 Å². The number of carboxylic acids is 1. The van der Waals surface area contributed by atoms with E-state index >= 15 is 0 Å². The Balaban J connectivity index is 1.62. The third-order valence-corrected chi connectivity index (χ3v) is 8.32. The van der Waals surface area contributed by atoms with Crippen molar-refractivity contribution in [2.45, 2.75) is 39.7 Å². The van der Waals surface area contributed by atoms with Crippen molar-refractivity contribution in [3.8, 4) is 11.1 Å². The second kappa shape index (κ2) is 11.0. The molecule has 2 amide bonds. The molecule has 3 aromatic carbocycles. The maximum Gasteiger partial charge on any atom is 0.364 e. The molecule has 2 heterocycles. The summed E-state index contributed by atoms with van der Waals surface area (Å²) >= 11 is 0. The van der Waals surface area contributed by atoms with E-state index in [1.165, 1.54) is 0 Å². The second-order valence-electron chi connectivity index (χ2n) is 10.1. The van der Waals surface area contributed by atoms with Crippen LogP contribution in [0.2, 0.25) is 0 Å². The molecule has 0 spiro atoms. The lowest BCUT2D eigenvalue weighted by Crippen LogP contribution is -2.37. The van der Waals surface area contributed by atoms with Gasteiger partial charge >= 0.3 is 11.9 Å². The average molecular weight is 592 g/mol. The molecule has 4 aromatic rings. The number of pyridine rings is 1. The molecule has 5 rings (SSSR count). The number of nitrogens with zero attached hydrogens (tertiary/aromatic N) is 2. The summed E-state index contributed by atoms with van der Waals surface area (Å²) in [6.07, 6.45) is 0.0651. The fourth-order valence-electron chi connectivity index (χ4n) is 5.35. The van der Waals surface area contributed by atoms with Crippen LogP contribution in [0.4, 0.5) is 0 Å². The normalized spacial score (nSPS) is 13.7. The van der Waals surface area contributed by atoms with Crippen LogP contribution in [0.5, 0.6) is 0 Å². The van der Waals surface area contributed by atoms with Crippen LogP contribution in [0.25, 0.3) is 32.9 Å². The number of carbonyl (C=O) groups is 4. The standard InChI is InChI=1S/C30H26N2O9S/c1-17-18(2)21(30(37)41-32-26(33)12-13-27(32)34)11-10-20(17)19-8-9-23-25(16-19)31(14-5-15-42(38,39)40)24-7-4-3-6-22(24)28(23)29(35)36/h3-4,6-11,16H,5,12-15H2,1-2H3,(H-,35,36,38,39,40)/p+1. The molecule has 11 nitrogen and oxygen atoms in total. The minimum atomic E-state index is -4.19. The first-order chi connectivity index (χ1) is 19.9. The van der Waals surface area contributed by atoms with Gasteiger partial charge in [0.25, 0.3) is 21.9 Å². The summed E-state index contributed by atoms with van der Waals surface area (Å²) in [6.45, 7) is 3.72.